The van der Waals surface area contributed by atoms with Crippen molar-refractivity contribution in [3.8, 4) is 0 Å². The van der Waals surface area contributed by atoms with E-state index in [-0.39, 0.29) is 20.8 Å². The summed E-state index contributed by atoms with van der Waals surface area (Å²) in [6.45, 7) is -1.99. The zero-order valence-corrected chi connectivity index (χ0v) is 11.8. The first-order valence-corrected chi connectivity index (χ1v) is 6.18. The minimum Gasteiger partial charge on any atom is -0.394 e. The normalized spacial score (nSPS) is 11.5. The number of aromatic nitrogens is 1. The third kappa shape index (κ3) is 3.47. The van der Waals surface area contributed by atoms with Crippen LogP contribution in [0.15, 0.2) is 6.20 Å². The van der Waals surface area contributed by atoms with Crippen LogP contribution in [-0.2, 0) is 0 Å². The lowest BCUT2D eigenvalue weighted by Gasteiger charge is -2.28. The van der Waals surface area contributed by atoms with Gasteiger partial charge in [-0.25, -0.2) is 4.98 Å². The van der Waals surface area contributed by atoms with Crippen molar-refractivity contribution in [2.24, 2.45) is 0 Å². The molecule has 0 aliphatic heterocycles. The molecule has 9 heteroatoms. The molecule has 19 heavy (non-hydrogen) atoms. The molecule has 0 atom stereocenters. The highest BCUT2D eigenvalue weighted by Gasteiger charge is 2.31. The summed E-state index contributed by atoms with van der Waals surface area (Å²) in [5.74, 6) is -0.805. The molecule has 0 spiro atoms. The van der Waals surface area contributed by atoms with E-state index in [9.17, 15) is 4.79 Å². The van der Waals surface area contributed by atoms with Crippen LogP contribution in [0.2, 0.25) is 15.1 Å². The van der Waals surface area contributed by atoms with Gasteiger partial charge in [-0.3, -0.25) is 4.79 Å². The Morgan fingerprint density at radius 1 is 1.16 bits per heavy atom. The number of amides is 1. The van der Waals surface area contributed by atoms with E-state index in [0.717, 1.165) is 6.20 Å². The molecular formula is C10H11Cl3N2O4. The van der Waals surface area contributed by atoms with Crippen LogP contribution in [0.1, 0.15) is 10.5 Å². The number of carbonyl (C=O) groups is 1. The Labute approximate surface area is 123 Å². The van der Waals surface area contributed by atoms with Crippen molar-refractivity contribution in [3.63, 3.8) is 0 Å². The predicted molar refractivity (Wildman–Crippen MR) is 70.7 cm³/mol. The molecule has 0 aromatic carbocycles. The SMILES string of the molecule is O=C(NC(CO)(CO)CO)c1ncc(Cl)c(Cl)c1Cl. The Kier molecular flexibility index (Phi) is 5.79. The smallest absolute Gasteiger partial charge is 0.272 e. The van der Waals surface area contributed by atoms with Gasteiger partial charge in [-0.15, -0.1) is 0 Å². The number of aliphatic hydroxyl groups excluding tert-OH is 3. The molecule has 1 rings (SSSR count). The Hall–Kier alpha value is -0.630. The van der Waals surface area contributed by atoms with Crippen molar-refractivity contribution in [3.05, 3.63) is 27.0 Å². The van der Waals surface area contributed by atoms with E-state index in [1.54, 1.807) is 0 Å². The number of rotatable bonds is 5. The van der Waals surface area contributed by atoms with E-state index in [1.165, 1.54) is 0 Å². The molecule has 1 amide bonds. The molecule has 6 nitrogen and oxygen atoms in total. The zero-order valence-electron chi connectivity index (χ0n) is 9.53. The van der Waals surface area contributed by atoms with Crippen molar-refractivity contribution in [1.82, 2.24) is 10.3 Å². The quantitative estimate of drug-likeness (QED) is 0.629. The number of pyridine rings is 1. The number of carbonyl (C=O) groups excluding carboxylic acids is 1. The highest BCUT2D eigenvalue weighted by molar-refractivity contribution is 6.48. The van der Waals surface area contributed by atoms with Gasteiger partial charge in [-0.1, -0.05) is 34.8 Å². The molecule has 106 valence electrons. The summed E-state index contributed by atoms with van der Waals surface area (Å²) in [6.07, 6.45) is 1.14. The average molecular weight is 330 g/mol. The summed E-state index contributed by atoms with van der Waals surface area (Å²) in [7, 11) is 0. The van der Waals surface area contributed by atoms with Gasteiger partial charge in [-0.2, -0.15) is 0 Å². The van der Waals surface area contributed by atoms with Gasteiger partial charge in [0, 0.05) is 6.20 Å². The molecule has 0 aliphatic rings. The van der Waals surface area contributed by atoms with Crippen LogP contribution >= 0.6 is 34.8 Å². The minimum atomic E-state index is -1.58. The maximum absolute atomic E-state index is 11.9. The Morgan fingerprint density at radius 3 is 2.16 bits per heavy atom. The van der Waals surface area contributed by atoms with Crippen LogP contribution in [-0.4, -0.2) is 51.6 Å². The molecule has 1 heterocycles. The topological polar surface area (TPSA) is 103 Å². The number of nitrogens with zero attached hydrogens (tertiary/aromatic N) is 1. The Bertz CT molecular complexity index is 472. The van der Waals surface area contributed by atoms with Crippen molar-refractivity contribution in [2.75, 3.05) is 19.8 Å². The monoisotopic (exact) mass is 328 g/mol. The van der Waals surface area contributed by atoms with E-state index in [2.05, 4.69) is 10.3 Å². The van der Waals surface area contributed by atoms with Gasteiger partial charge < -0.3 is 20.6 Å². The van der Waals surface area contributed by atoms with Crippen LogP contribution < -0.4 is 5.32 Å². The van der Waals surface area contributed by atoms with Gasteiger partial charge >= 0.3 is 0 Å². The van der Waals surface area contributed by atoms with Crippen LogP contribution in [0.4, 0.5) is 0 Å². The van der Waals surface area contributed by atoms with Crippen molar-refractivity contribution in [2.45, 2.75) is 5.54 Å². The molecule has 0 unspecified atom stereocenters. The van der Waals surface area contributed by atoms with E-state index in [0.29, 0.717) is 0 Å². The maximum Gasteiger partial charge on any atom is 0.272 e. The molecule has 4 N–H and O–H groups in total. The summed E-state index contributed by atoms with van der Waals surface area (Å²) in [6, 6.07) is 0. The fourth-order valence-electron chi connectivity index (χ4n) is 1.17. The third-order valence-corrected chi connectivity index (χ3v) is 3.66. The first-order valence-electron chi connectivity index (χ1n) is 5.05. The Morgan fingerprint density at radius 2 is 1.68 bits per heavy atom. The van der Waals surface area contributed by atoms with E-state index < -0.39 is 31.3 Å². The second-order valence-electron chi connectivity index (χ2n) is 3.79. The fourth-order valence-corrected chi connectivity index (χ4v) is 1.74. The van der Waals surface area contributed by atoms with Gasteiger partial charge in [0.15, 0.2) is 0 Å². The van der Waals surface area contributed by atoms with Crippen molar-refractivity contribution >= 4 is 40.7 Å². The molecular weight excluding hydrogens is 318 g/mol. The molecule has 0 fully saturated rings. The average Bonchev–Trinajstić information content (AvgIpc) is 2.42. The summed E-state index contributed by atoms with van der Waals surface area (Å²) < 4.78 is 0. The van der Waals surface area contributed by atoms with Gasteiger partial charge in [0.25, 0.3) is 5.91 Å². The highest BCUT2D eigenvalue weighted by Crippen LogP contribution is 2.31. The number of halogens is 3. The predicted octanol–water partition coefficient (Wildman–Crippen LogP) is 0.487. The van der Waals surface area contributed by atoms with Gasteiger partial charge in [0.2, 0.25) is 0 Å². The van der Waals surface area contributed by atoms with Crippen LogP contribution in [0, 0.1) is 0 Å². The number of aliphatic hydroxyl groups is 3. The van der Waals surface area contributed by atoms with Crippen LogP contribution in [0.5, 0.6) is 0 Å². The lowest BCUT2D eigenvalue weighted by Crippen LogP contribution is -2.57. The Balaban J connectivity index is 3.05. The van der Waals surface area contributed by atoms with Gasteiger partial charge in [-0.05, 0) is 0 Å². The minimum absolute atomic E-state index is 0.0360. The summed E-state index contributed by atoms with van der Waals surface area (Å²) in [5, 5.41) is 29.5. The molecule has 0 radical (unpaired) electrons. The highest BCUT2D eigenvalue weighted by atomic mass is 35.5. The summed E-state index contributed by atoms with van der Waals surface area (Å²) in [5.41, 5.74) is -1.80. The number of nitrogens with one attached hydrogen (secondary N) is 1. The van der Waals surface area contributed by atoms with Gasteiger partial charge in [0.1, 0.15) is 11.2 Å². The summed E-state index contributed by atoms with van der Waals surface area (Å²) >= 11 is 17.3. The second kappa shape index (κ2) is 6.69. The van der Waals surface area contributed by atoms with Crippen LogP contribution in [0.3, 0.4) is 0 Å². The van der Waals surface area contributed by atoms with Crippen LogP contribution in [0.25, 0.3) is 0 Å². The molecule has 0 aliphatic carbocycles. The molecule has 0 saturated carbocycles. The molecule has 0 saturated heterocycles. The number of hydrogen-bond donors (Lipinski definition) is 4. The summed E-state index contributed by atoms with van der Waals surface area (Å²) in [4.78, 5) is 15.6. The van der Waals surface area contributed by atoms with E-state index >= 15 is 0 Å². The lowest BCUT2D eigenvalue weighted by molar-refractivity contribution is 0.0373. The molecule has 1 aromatic heterocycles. The zero-order chi connectivity index (χ0) is 14.6. The molecule has 1 aromatic rings. The van der Waals surface area contributed by atoms with Crippen molar-refractivity contribution in [1.29, 1.82) is 0 Å². The molecule has 0 bridgehead atoms. The largest absolute Gasteiger partial charge is 0.394 e. The number of hydrogen-bond acceptors (Lipinski definition) is 5. The standard InChI is InChI=1S/C10H11Cl3N2O4/c11-5-1-14-8(7(13)6(5)12)9(19)15-10(2-16,3-17)4-18/h1,16-18H,2-4H2,(H,15,19). The van der Waals surface area contributed by atoms with Crippen molar-refractivity contribution < 1.29 is 20.1 Å². The van der Waals surface area contributed by atoms with Gasteiger partial charge in [0.05, 0.1) is 34.9 Å². The first-order chi connectivity index (χ1) is 8.90. The fraction of sp³-hybridized carbons (Fsp3) is 0.400. The van der Waals surface area contributed by atoms with E-state index in [1.807, 2.05) is 0 Å². The second-order valence-corrected chi connectivity index (χ2v) is 4.95. The third-order valence-electron chi connectivity index (χ3n) is 2.42. The lowest BCUT2D eigenvalue weighted by atomic mass is 10.0. The maximum atomic E-state index is 11.9. The first kappa shape index (κ1) is 16.4. The van der Waals surface area contributed by atoms with E-state index in [4.69, 9.17) is 50.1 Å².